The van der Waals surface area contributed by atoms with Gasteiger partial charge in [-0.3, -0.25) is 0 Å². The number of para-hydroxylation sites is 4. The maximum atomic E-state index is 6.08. The van der Waals surface area contributed by atoms with E-state index in [1.165, 1.54) is 11.1 Å². The Morgan fingerprint density at radius 2 is 1.53 bits per heavy atom. The second-order valence-corrected chi connectivity index (χ2v) is 7.15. The summed E-state index contributed by atoms with van der Waals surface area (Å²) in [7, 11) is 1.64. The van der Waals surface area contributed by atoms with Crippen molar-refractivity contribution in [3.05, 3.63) is 83.7 Å². The first kappa shape index (κ1) is 19.8. The quantitative estimate of drug-likeness (QED) is 0.400. The van der Waals surface area contributed by atoms with E-state index in [-0.39, 0.29) is 0 Å². The molecule has 0 atom stereocenters. The number of rotatable bonds is 8. The molecule has 0 fully saturated rings. The summed E-state index contributed by atoms with van der Waals surface area (Å²) in [5, 5.41) is 0. The number of imidazole rings is 1. The van der Waals surface area contributed by atoms with Crippen LogP contribution >= 0.6 is 0 Å². The Hall–Kier alpha value is -3.47. The first-order valence-electron chi connectivity index (χ1n) is 10.1. The highest BCUT2D eigenvalue weighted by molar-refractivity contribution is 5.75. The van der Waals surface area contributed by atoms with Crippen LogP contribution in [0.1, 0.15) is 17.0 Å². The fourth-order valence-electron chi connectivity index (χ4n) is 3.49. The molecule has 4 aromatic rings. The minimum Gasteiger partial charge on any atom is -0.493 e. The zero-order valence-corrected chi connectivity index (χ0v) is 17.6. The third-order valence-electron chi connectivity index (χ3n) is 5.29. The number of aromatic nitrogens is 2. The number of hydrogen-bond acceptors (Lipinski definition) is 4. The fourth-order valence-corrected chi connectivity index (χ4v) is 3.49. The molecule has 3 aromatic carbocycles. The number of nitrogens with zero attached hydrogens (tertiary/aromatic N) is 2. The van der Waals surface area contributed by atoms with Crippen molar-refractivity contribution in [3.8, 4) is 17.2 Å². The molecule has 0 aliphatic carbocycles. The first-order chi connectivity index (χ1) is 14.7. The Morgan fingerprint density at radius 3 is 2.37 bits per heavy atom. The number of ether oxygens (including phenoxy) is 3. The van der Waals surface area contributed by atoms with Gasteiger partial charge < -0.3 is 18.8 Å². The number of benzene rings is 3. The maximum absolute atomic E-state index is 6.08. The van der Waals surface area contributed by atoms with Crippen molar-refractivity contribution in [1.29, 1.82) is 0 Å². The molecule has 0 spiro atoms. The van der Waals surface area contributed by atoms with Crippen molar-refractivity contribution >= 4 is 11.0 Å². The molecule has 5 heteroatoms. The van der Waals surface area contributed by atoms with Crippen molar-refractivity contribution in [2.45, 2.75) is 27.0 Å². The van der Waals surface area contributed by atoms with Gasteiger partial charge in [0.25, 0.3) is 0 Å². The van der Waals surface area contributed by atoms with Crippen molar-refractivity contribution in [3.63, 3.8) is 0 Å². The summed E-state index contributed by atoms with van der Waals surface area (Å²) in [6.45, 7) is 5.76. The molecule has 0 amide bonds. The first-order valence-corrected chi connectivity index (χ1v) is 10.1. The smallest absolute Gasteiger partial charge is 0.161 e. The standard InChI is InChI=1S/C25H26N2O3/c1-18-9-8-14-22(19(18)2)29-16-15-27-21-11-5-4-10-20(21)26-25(27)17-30-24-13-7-6-12-23(24)28-3/h4-14H,15-17H2,1-3H3. The molecule has 5 nitrogen and oxygen atoms in total. The molecule has 154 valence electrons. The van der Waals surface area contributed by atoms with E-state index < -0.39 is 0 Å². The summed E-state index contributed by atoms with van der Waals surface area (Å²) in [6, 6.07) is 21.9. The van der Waals surface area contributed by atoms with E-state index in [2.05, 4.69) is 30.5 Å². The molecular formula is C25H26N2O3. The molecule has 1 heterocycles. The van der Waals surface area contributed by atoms with Gasteiger partial charge in [-0.2, -0.15) is 0 Å². The van der Waals surface area contributed by atoms with Crippen molar-refractivity contribution < 1.29 is 14.2 Å². The summed E-state index contributed by atoms with van der Waals surface area (Å²) < 4.78 is 19.7. The molecule has 0 saturated carbocycles. The lowest BCUT2D eigenvalue weighted by Crippen LogP contribution is -2.13. The summed E-state index contributed by atoms with van der Waals surface area (Å²) in [5.74, 6) is 3.18. The molecule has 1 aromatic heterocycles. The largest absolute Gasteiger partial charge is 0.493 e. The van der Waals surface area contributed by atoms with E-state index >= 15 is 0 Å². The number of hydrogen-bond donors (Lipinski definition) is 0. The van der Waals surface area contributed by atoms with E-state index in [0.29, 0.717) is 31.3 Å². The zero-order valence-electron chi connectivity index (χ0n) is 17.6. The Kier molecular flexibility index (Phi) is 5.89. The van der Waals surface area contributed by atoms with E-state index in [1.807, 2.05) is 54.6 Å². The second-order valence-electron chi connectivity index (χ2n) is 7.15. The predicted octanol–water partition coefficient (Wildman–Crippen LogP) is 5.32. The Balaban J connectivity index is 1.53. The Morgan fingerprint density at radius 1 is 0.800 bits per heavy atom. The van der Waals surface area contributed by atoms with Gasteiger partial charge in [-0.05, 0) is 55.3 Å². The number of fused-ring (bicyclic) bond motifs is 1. The van der Waals surface area contributed by atoms with Gasteiger partial charge in [0.1, 0.15) is 24.8 Å². The van der Waals surface area contributed by atoms with E-state index in [0.717, 1.165) is 22.6 Å². The zero-order chi connectivity index (χ0) is 20.9. The summed E-state index contributed by atoms with van der Waals surface area (Å²) >= 11 is 0. The predicted molar refractivity (Wildman–Crippen MR) is 118 cm³/mol. The van der Waals surface area contributed by atoms with Crippen LogP contribution in [0, 0.1) is 13.8 Å². The van der Waals surface area contributed by atoms with Crippen LogP contribution in [0.3, 0.4) is 0 Å². The van der Waals surface area contributed by atoms with Gasteiger partial charge in [0.15, 0.2) is 11.5 Å². The third-order valence-corrected chi connectivity index (χ3v) is 5.29. The minimum atomic E-state index is 0.346. The van der Waals surface area contributed by atoms with Gasteiger partial charge in [-0.25, -0.2) is 4.98 Å². The monoisotopic (exact) mass is 402 g/mol. The van der Waals surface area contributed by atoms with Gasteiger partial charge in [0, 0.05) is 0 Å². The van der Waals surface area contributed by atoms with Gasteiger partial charge in [0.05, 0.1) is 24.7 Å². The molecule has 0 bridgehead atoms. The van der Waals surface area contributed by atoms with Crippen LogP contribution in [0.2, 0.25) is 0 Å². The molecule has 0 saturated heterocycles. The molecule has 0 radical (unpaired) electrons. The SMILES string of the molecule is COc1ccccc1OCc1nc2ccccc2n1CCOc1cccc(C)c1C. The molecule has 0 aliphatic heterocycles. The van der Waals surface area contributed by atoms with Crippen LogP contribution in [0.25, 0.3) is 11.0 Å². The van der Waals surface area contributed by atoms with Gasteiger partial charge in [0.2, 0.25) is 0 Å². The topological polar surface area (TPSA) is 45.5 Å². The van der Waals surface area contributed by atoms with Crippen LogP contribution in [0.5, 0.6) is 17.2 Å². The minimum absolute atomic E-state index is 0.346. The van der Waals surface area contributed by atoms with Gasteiger partial charge in [-0.15, -0.1) is 0 Å². The van der Waals surface area contributed by atoms with Crippen LogP contribution in [-0.2, 0) is 13.2 Å². The summed E-state index contributed by atoms with van der Waals surface area (Å²) in [6.07, 6.45) is 0. The molecular weight excluding hydrogens is 376 g/mol. The van der Waals surface area contributed by atoms with E-state index in [4.69, 9.17) is 19.2 Å². The fraction of sp³-hybridized carbons (Fsp3) is 0.240. The molecule has 0 N–H and O–H groups in total. The van der Waals surface area contributed by atoms with Crippen LogP contribution in [0.4, 0.5) is 0 Å². The van der Waals surface area contributed by atoms with Crippen molar-refractivity contribution in [2.24, 2.45) is 0 Å². The van der Waals surface area contributed by atoms with E-state index in [1.54, 1.807) is 7.11 Å². The maximum Gasteiger partial charge on any atom is 0.161 e. The number of methoxy groups -OCH3 is 1. The lowest BCUT2D eigenvalue weighted by molar-refractivity contribution is 0.261. The Labute approximate surface area is 176 Å². The molecule has 30 heavy (non-hydrogen) atoms. The Bertz CT molecular complexity index is 1150. The van der Waals surface area contributed by atoms with Gasteiger partial charge in [-0.1, -0.05) is 36.4 Å². The van der Waals surface area contributed by atoms with Crippen LogP contribution in [-0.4, -0.2) is 23.3 Å². The summed E-state index contributed by atoms with van der Waals surface area (Å²) in [4.78, 5) is 4.78. The van der Waals surface area contributed by atoms with Gasteiger partial charge >= 0.3 is 0 Å². The summed E-state index contributed by atoms with van der Waals surface area (Å²) in [5.41, 5.74) is 4.42. The third kappa shape index (κ3) is 4.10. The average molecular weight is 402 g/mol. The van der Waals surface area contributed by atoms with Crippen LogP contribution in [0.15, 0.2) is 66.7 Å². The van der Waals surface area contributed by atoms with Crippen molar-refractivity contribution in [1.82, 2.24) is 9.55 Å². The molecule has 0 unspecified atom stereocenters. The van der Waals surface area contributed by atoms with E-state index in [9.17, 15) is 0 Å². The lowest BCUT2D eigenvalue weighted by atomic mass is 10.1. The highest BCUT2D eigenvalue weighted by atomic mass is 16.5. The molecule has 4 rings (SSSR count). The molecule has 0 aliphatic rings. The van der Waals surface area contributed by atoms with Crippen molar-refractivity contribution in [2.75, 3.05) is 13.7 Å². The second kappa shape index (κ2) is 8.91. The average Bonchev–Trinajstić information content (AvgIpc) is 3.13. The lowest BCUT2D eigenvalue weighted by Gasteiger charge is -2.14. The highest BCUT2D eigenvalue weighted by Crippen LogP contribution is 2.27. The normalized spacial score (nSPS) is 10.9. The van der Waals surface area contributed by atoms with Crippen LogP contribution < -0.4 is 14.2 Å². The highest BCUT2D eigenvalue weighted by Gasteiger charge is 2.13. The number of aryl methyl sites for hydroxylation is 1.